The minimum Gasteiger partial charge on any atom is -0.478 e. The highest BCUT2D eigenvalue weighted by molar-refractivity contribution is 9.10. The van der Waals surface area contributed by atoms with Gasteiger partial charge in [0, 0.05) is 10.0 Å². The molecule has 0 radical (unpaired) electrons. The van der Waals surface area contributed by atoms with Crippen LogP contribution in [0.4, 0.5) is 10.5 Å². The normalized spacial score (nSPS) is 15.9. The van der Waals surface area contributed by atoms with Crippen LogP contribution in [0.25, 0.3) is 0 Å². The third kappa shape index (κ3) is 3.01. The number of nitrogens with one attached hydrogen (secondary N) is 2. The van der Waals surface area contributed by atoms with Crippen molar-refractivity contribution in [3.05, 3.63) is 28.2 Å². The largest absolute Gasteiger partial charge is 0.478 e. The second kappa shape index (κ2) is 4.61. The van der Waals surface area contributed by atoms with E-state index in [0.29, 0.717) is 10.2 Å². The van der Waals surface area contributed by atoms with Crippen LogP contribution in [-0.2, 0) is 0 Å². The van der Waals surface area contributed by atoms with Gasteiger partial charge in [0.05, 0.1) is 11.3 Å². The molecule has 5 nitrogen and oxygen atoms in total. The first-order chi connectivity index (χ1) is 8.39. The van der Waals surface area contributed by atoms with Crippen LogP contribution >= 0.6 is 15.9 Å². The van der Waals surface area contributed by atoms with Crippen LogP contribution in [-0.4, -0.2) is 22.6 Å². The van der Waals surface area contributed by atoms with Crippen LogP contribution < -0.4 is 10.6 Å². The highest BCUT2D eigenvalue weighted by Crippen LogP contribution is 2.34. The fourth-order valence-corrected chi connectivity index (χ4v) is 1.97. The summed E-state index contributed by atoms with van der Waals surface area (Å²) in [7, 11) is 0. The average molecular weight is 313 g/mol. The maximum absolute atomic E-state index is 11.7. The molecule has 1 fully saturated rings. The van der Waals surface area contributed by atoms with Crippen molar-refractivity contribution in [2.24, 2.45) is 0 Å². The molecule has 0 bridgehead atoms. The Balaban J connectivity index is 2.05. The molecular weight excluding hydrogens is 300 g/mol. The summed E-state index contributed by atoms with van der Waals surface area (Å²) < 4.78 is 0.540. The number of halogens is 1. The summed E-state index contributed by atoms with van der Waals surface area (Å²) in [4.78, 5) is 22.4. The van der Waals surface area contributed by atoms with Gasteiger partial charge < -0.3 is 15.7 Å². The monoisotopic (exact) mass is 312 g/mol. The Morgan fingerprint density at radius 1 is 1.39 bits per heavy atom. The van der Waals surface area contributed by atoms with E-state index in [9.17, 15) is 9.59 Å². The van der Waals surface area contributed by atoms with E-state index in [1.807, 2.05) is 6.92 Å². The Kier molecular flexibility index (Phi) is 3.30. The summed E-state index contributed by atoms with van der Waals surface area (Å²) in [6.45, 7) is 1.98. The van der Waals surface area contributed by atoms with E-state index in [0.717, 1.165) is 12.8 Å². The van der Waals surface area contributed by atoms with Crippen molar-refractivity contribution in [3.8, 4) is 0 Å². The van der Waals surface area contributed by atoms with Gasteiger partial charge in [-0.15, -0.1) is 0 Å². The molecule has 3 N–H and O–H groups in total. The summed E-state index contributed by atoms with van der Waals surface area (Å²) in [5.74, 6) is -1.00. The molecule has 0 spiro atoms. The van der Waals surface area contributed by atoms with Gasteiger partial charge in [0.25, 0.3) is 0 Å². The van der Waals surface area contributed by atoms with Gasteiger partial charge in [-0.05, 0) is 53.9 Å². The van der Waals surface area contributed by atoms with Crippen molar-refractivity contribution in [2.45, 2.75) is 25.3 Å². The molecule has 0 atom stereocenters. The number of hydrogen-bond acceptors (Lipinski definition) is 2. The molecule has 1 aliphatic carbocycles. The number of hydrogen-bond donors (Lipinski definition) is 3. The first-order valence-corrected chi connectivity index (χ1v) is 6.31. The van der Waals surface area contributed by atoms with E-state index in [-0.39, 0.29) is 17.1 Å². The van der Waals surface area contributed by atoms with Gasteiger partial charge in [-0.3, -0.25) is 0 Å². The van der Waals surface area contributed by atoms with Crippen molar-refractivity contribution < 1.29 is 14.7 Å². The maximum atomic E-state index is 11.7. The van der Waals surface area contributed by atoms with E-state index in [1.54, 1.807) is 6.07 Å². The van der Waals surface area contributed by atoms with E-state index in [4.69, 9.17) is 5.11 Å². The molecule has 1 aromatic rings. The highest BCUT2D eigenvalue weighted by Gasteiger charge is 2.38. The number of benzene rings is 1. The number of carboxylic acid groups (broad SMARTS) is 1. The van der Waals surface area contributed by atoms with Gasteiger partial charge in [-0.1, -0.05) is 0 Å². The lowest BCUT2D eigenvalue weighted by atomic mass is 10.2. The molecule has 0 aromatic heterocycles. The Bertz CT molecular complexity index is 512. The first-order valence-electron chi connectivity index (χ1n) is 5.52. The topological polar surface area (TPSA) is 78.4 Å². The van der Waals surface area contributed by atoms with Gasteiger partial charge in [-0.25, -0.2) is 9.59 Å². The van der Waals surface area contributed by atoms with Crippen LogP contribution in [0, 0.1) is 0 Å². The molecule has 96 valence electrons. The van der Waals surface area contributed by atoms with Crippen LogP contribution in [0.15, 0.2) is 22.7 Å². The molecule has 18 heavy (non-hydrogen) atoms. The molecule has 6 heteroatoms. The molecule has 1 aliphatic rings. The summed E-state index contributed by atoms with van der Waals surface area (Å²) in [5, 5.41) is 14.4. The molecule has 0 unspecified atom stereocenters. The third-order valence-corrected chi connectivity index (χ3v) is 3.54. The van der Waals surface area contributed by atoms with Crippen molar-refractivity contribution in [3.63, 3.8) is 0 Å². The molecule has 1 aromatic carbocycles. The minimum absolute atomic E-state index is 0.0857. The number of rotatable bonds is 3. The fraction of sp³-hybridized carbons (Fsp3) is 0.333. The molecule has 0 saturated heterocycles. The van der Waals surface area contributed by atoms with Gasteiger partial charge >= 0.3 is 12.0 Å². The summed E-state index contributed by atoms with van der Waals surface area (Å²) in [6.07, 6.45) is 1.97. The SMILES string of the molecule is CC1(NC(=O)Nc2ccc(C(=O)O)cc2Br)CC1. The lowest BCUT2D eigenvalue weighted by molar-refractivity contribution is 0.0697. The van der Waals surface area contributed by atoms with Gasteiger partial charge in [-0.2, -0.15) is 0 Å². The van der Waals surface area contributed by atoms with Gasteiger partial charge in [0.2, 0.25) is 0 Å². The lowest BCUT2D eigenvalue weighted by Gasteiger charge is -2.13. The molecule has 2 rings (SSSR count). The Labute approximate surface area is 113 Å². The minimum atomic E-state index is -1.00. The summed E-state index contributed by atoms with van der Waals surface area (Å²) >= 11 is 3.23. The highest BCUT2D eigenvalue weighted by atomic mass is 79.9. The Morgan fingerprint density at radius 2 is 2.06 bits per heavy atom. The number of aromatic carboxylic acids is 1. The van der Waals surface area contributed by atoms with Crippen LogP contribution in [0.3, 0.4) is 0 Å². The Morgan fingerprint density at radius 3 is 2.56 bits per heavy atom. The quantitative estimate of drug-likeness (QED) is 0.803. The van der Waals surface area contributed by atoms with E-state index in [2.05, 4.69) is 26.6 Å². The number of amides is 2. The summed E-state index contributed by atoms with van der Waals surface area (Å²) in [6, 6.07) is 4.18. The van der Waals surface area contributed by atoms with Crippen molar-refractivity contribution in [1.82, 2.24) is 5.32 Å². The lowest BCUT2D eigenvalue weighted by Crippen LogP contribution is -2.37. The van der Waals surface area contributed by atoms with Crippen molar-refractivity contribution in [1.29, 1.82) is 0 Å². The van der Waals surface area contributed by atoms with Crippen LogP contribution in [0.5, 0.6) is 0 Å². The zero-order valence-electron chi connectivity index (χ0n) is 9.79. The Hall–Kier alpha value is -1.56. The molecular formula is C12H13BrN2O3. The second-order valence-electron chi connectivity index (χ2n) is 4.64. The second-order valence-corrected chi connectivity index (χ2v) is 5.49. The van der Waals surface area contributed by atoms with Gasteiger partial charge in [0.15, 0.2) is 0 Å². The number of anilines is 1. The van der Waals surface area contributed by atoms with Crippen molar-refractivity contribution >= 4 is 33.6 Å². The van der Waals surface area contributed by atoms with Crippen LogP contribution in [0.2, 0.25) is 0 Å². The van der Waals surface area contributed by atoms with E-state index >= 15 is 0 Å². The van der Waals surface area contributed by atoms with E-state index in [1.165, 1.54) is 12.1 Å². The zero-order valence-corrected chi connectivity index (χ0v) is 11.4. The first kappa shape index (κ1) is 12.9. The van der Waals surface area contributed by atoms with Crippen molar-refractivity contribution in [2.75, 3.05) is 5.32 Å². The zero-order chi connectivity index (χ0) is 13.3. The fourth-order valence-electron chi connectivity index (χ4n) is 1.49. The standard InChI is InChI=1S/C12H13BrN2O3/c1-12(4-5-12)15-11(18)14-9-3-2-7(10(16)17)6-8(9)13/h2-3,6H,4-5H2,1H3,(H,16,17)(H2,14,15,18). The molecule has 1 saturated carbocycles. The van der Waals surface area contributed by atoms with Crippen LogP contribution in [0.1, 0.15) is 30.1 Å². The number of carbonyl (C=O) groups excluding carboxylic acids is 1. The number of carbonyl (C=O) groups is 2. The van der Waals surface area contributed by atoms with E-state index < -0.39 is 5.97 Å². The average Bonchev–Trinajstić information content (AvgIpc) is 2.98. The third-order valence-electron chi connectivity index (χ3n) is 2.88. The molecule has 2 amide bonds. The molecule has 0 aliphatic heterocycles. The predicted octanol–water partition coefficient (Wildman–Crippen LogP) is 2.82. The summed E-state index contributed by atoms with van der Waals surface area (Å²) in [5.41, 5.74) is 0.626. The molecule has 0 heterocycles. The predicted molar refractivity (Wildman–Crippen MR) is 70.9 cm³/mol. The number of carboxylic acids is 1. The number of urea groups is 1. The maximum Gasteiger partial charge on any atom is 0.335 e. The smallest absolute Gasteiger partial charge is 0.335 e. The van der Waals surface area contributed by atoms with Gasteiger partial charge in [0.1, 0.15) is 0 Å².